The minimum atomic E-state index is 0.273. The summed E-state index contributed by atoms with van der Waals surface area (Å²) < 4.78 is 6.68. The van der Waals surface area contributed by atoms with Crippen molar-refractivity contribution >= 4 is 33.9 Å². The molecule has 0 saturated heterocycles. The number of rotatable bonds is 3. The van der Waals surface area contributed by atoms with E-state index in [0.717, 1.165) is 11.5 Å². The van der Waals surface area contributed by atoms with Crippen molar-refractivity contribution in [2.75, 3.05) is 0 Å². The van der Waals surface area contributed by atoms with Crippen molar-refractivity contribution in [2.45, 2.75) is 52.1 Å². The van der Waals surface area contributed by atoms with E-state index in [1.807, 2.05) is 25.2 Å². The van der Waals surface area contributed by atoms with E-state index in [-0.39, 0.29) is 6.04 Å². The molecule has 0 aliphatic heterocycles. The van der Waals surface area contributed by atoms with Gasteiger partial charge in [0.2, 0.25) is 0 Å². The van der Waals surface area contributed by atoms with Crippen LogP contribution in [0.4, 0.5) is 0 Å². The number of halogens is 1. The van der Waals surface area contributed by atoms with Gasteiger partial charge in [-0.1, -0.05) is 5.16 Å². The van der Waals surface area contributed by atoms with Gasteiger partial charge in [0, 0.05) is 22.5 Å². The predicted molar refractivity (Wildman–Crippen MR) is 90.2 cm³/mol. The van der Waals surface area contributed by atoms with Crippen LogP contribution in [0.2, 0.25) is 0 Å². The Labute approximate surface area is 137 Å². The summed E-state index contributed by atoms with van der Waals surface area (Å²) in [7, 11) is 0. The van der Waals surface area contributed by atoms with Crippen molar-refractivity contribution in [3.05, 3.63) is 36.4 Å². The molecule has 0 bridgehead atoms. The van der Waals surface area contributed by atoms with E-state index in [2.05, 4.69) is 46.1 Å². The molecule has 1 aliphatic carbocycles. The van der Waals surface area contributed by atoms with Crippen LogP contribution in [-0.2, 0) is 6.42 Å². The molecule has 0 saturated carbocycles. The summed E-state index contributed by atoms with van der Waals surface area (Å²) in [5.74, 6) is 0.929. The van der Waals surface area contributed by atoms with Crippen LogP contribution in [-0.4, -0.2) is 5.16 Å². The lowest BCUT2D eigenvalue weighted by atomic mass is 9.92. The van der Waals surface area contributed by atoms with E-state index < -0.39 is 0 Å². The van der Waals surface area contributed by atoms with Gasteiger partial charge in [-0.2, -0.15) is 0 Å². The molecule has 2 heterocycles. The summed E-state index contributed by atoms with van der Waals surface area (Å²) in [5, 5.41) is 7.84. The van der Waals surface area contributed by atoms with Gasteiger partial charge < -0.3 is 9.84 Å². The molecule has 2 atom stereocenters. The van der Waals surface area contributed by atoms with Gasteiger partial charge in [-0.05, 0) is 74.3 Å². The highest BCUT2D eigenvalue weighted by molar-refractivity contribution is 14.1. The molecule has 1 aliphatic rings. The maximum atomic E-state index is 5.29. The monoisotopic (exact) mass is 402 g/mol. The minimum Gasteiger partial charge on any atom is -0.361 e. The van der Waals surface area contributed by atoms with Gasteiger partial charge in [-0.25, -0.2) is 0 Å². The first kappa shape index (κ1) is 14.5. The van der Waals surface area contributed by atoms with Crippen molar-refractivity contribution < 1.29 is 4.52 Å². The van der Waals surface area contributed by atoms with Crippen LogP contribution in [0.3, 0.4) is 0 Å². The number of thiophene rings is 1. The molecule has 0 radical (unpaired) electrons. The second-order valence-electron chi connectivity index (χ2n) is 5.50. The molecule has 2 aromatic heterocycles. The molecule has 0 spiro atoms. The average Bonchev–Trinajstić information content (AvgIpc) is 2.92. The first-order chi connectivity index (χ1) is 9.56. The minimum absolute atomic E-state index is 0.273. The third kappa shape index (κ3) is 2.67. The fourth-order valence-electron chi connectivity index (χ4n) is 3.19. The van der Waals surface area contributed by atoms with E-state index in [4.69, 9.17) is 4.52 Å². The van der Waals surface area contributed by atoms with Crippen LogP contribution in [0.15, 0.2) is 10.6 Å². The highest BCUT2D eigenvalue weighted by Gasteiger charge is 2.26. The van der Waals surface area contributed by atoms with Gasteiger partial charge in [-0.3, -0.25) is 0 Å². The normalized spacial score (nSPS) is 19.9. The molecule has 1 N–H and O–H groups in total. The van der Waals surface area contributed by atoms with Gasteiger partial charge in [0.05, 0.1) is 8.58 Å². The zero-order valence-electron chi connectivity index (χ0n) is 12.0. The molecule has 0 amide bonds. The smallest absolute Gasteiger partial charge is 0.138 e. The Kier molecular flexibility index (Phi) is 4.19. The molecule has 108 valence electrons. The van der Waals surface area contributed by atoms with Crippen molar-refractivity contribution in [3.8, 4) is 0 Å². The van der Waals surface area contributed by atoms with Gasteiger partial charge in [0.1, 0.15) is 5.76 Å². The molecule has 3 rings (SSSR count). The average molecular weight is 402 g/mol. The summed E-state index contributed by atoms with van der Waals surface area (Å²) in [6.45, 7) is 6.22. The molecule has 20 heavy (non-hydrogen) atoms. The lowest BCUT2D eigenvalue weighted by molar-refractivity contribution is 0.385. The van der Waals surface area contributed by atoms with Crippen molar-refractivity contribution in [1.82, 2.24) is 10.5 Å². The van der Waals surface area contributed by atoms with Crippen LogP contribution < -0.4 is 5.32 Å². The summed E-state index contributed by atoms with van der Waals surface area (Å²) in [5.41, 5.74) is 3.71. The first-order valence-electron chi connectivity index (χ1n) is 7.03. The Morgan fingerprint density at radius 1 is 1.50 bits per heavy atom. The van der Waals surface area contributed by atoms with Crippen LogP contribution in [0, 0.1) is 16.7 Å². The quantitative estimate of drug-likeness (QED) is 0.758. The number of nitrogens with one attached hydrogen (secondary N) is 1. The van der Waals surface area contributed by atoms with Crippen LogP contribution in [0.5, 0.6) is 0 Å². The molecule has 5 heteroatoms. The fraction of sp³-hybridized carbons (Fsp3) is 0.533. The Bertz CT molecular complexity index is 600. The molecule has 2 unspecified atom stereocenters. The van der Waals surface area contributed by atoms with Gasteiger partial charge >= 0.3 is 0 Å². The van der Waals surface area contributed by atoms with Gasteiger partial charge in [0.15, 0.2) is 0 Å². The number of hydrogen-bond donors (Lipinski definition) is 1. The SMILES string of the molecule is Cc1noc(C)c1C(C)NC1CCCc2sc(I)cc21. The van der Waals surface area contributed by atoms with E-state index in [0.29, 0.717) is 6.04 Å². The molecule has 3 nitrogen and oxygen atoms in total. The summed E-state index contributed by atoms with van der Waals surface area (Å²) >= 11 is 4.37. The summed E-state index contributed by atoms with van der Waals surface area (Å²) in [6.07, 6.45) is 3.73. The topological polar surface area (TPSA) is 38.1 Å². The third-order valence-corrected chi connectivity index (χ3v) is 6.03. The maximum Gasteiger partial charge on any atom is 0.138 e. The summed E-state index contributed by atoms with van der Waals surface area (Å²) in [4.78, 5) is 1.56. The number of aromatic nitrogens is 1. The lowest BCUT2D eigenvalue weighted by Crippen LogP contribution is -2.27. The van der Waals surface area contributed by atoms with E-state index in [1.54, 1.807) is 4.88 Å². The zero-order valence-corrected chi connectivity index (χ0v) is 15.0. The number of aryl methyl sites for hydroxylation is 3. The number of fused-ring (bicyclic) bond motifs is 1. The third-order valence-electron chi connectivity index (χ3n) is 4.06. The van der Waals surface area contributed by atoms with Gasteiger partial charge in [0.25, 0.3) is 0 Å². The summed E-state index contributed by atoms with van der Waals surface area (Å²) in [6, 6.07) is 3.08. The lowest BCUT2D eigenvalue weighted by Gasteiger charge is -2.27. The largest absolute Gasteiger partial charge is 0.361 e. The van der Waals surface area contributed by atoms with E-state index in [9.17, 15) is 0 Å². The van der Waals surface area contributed by atoms with Crippen molar-refractivity contribution in [2.24, 2.45) is 0 Å². The highest BCUT2D eigenvalue weighted by atomic mass is 127. The van der Waals surface area contributed by atoms with Crippen LogP contribution in [0.25, 0.3) is 0 Å². The molecular weight excluding hydrogens is 383 g/mol. The predicted octanol–water partition coefficient (Wildman–Crippen LogP) is 4.69. The second-order valence-corrected chi connectivity index (χ2v) is 8.53. The number of nitrogens with zero attached hydrogens (tertiary/aromatic N) is 1. The fourth-order valence-corrected chi connectivity index (χ4v) is 5.31. The maximum absolute atomic E-state index is 5.29. The zero-order chi connectivity index (χ0) is 14.3. The van der Waals surface area contributed by atoms with Crippen molar-refractivity contribution in [1.29, 1.82) is 0 Å². The first-order valence-corrected chi connectivity index (χ1v) is 8.92. The Hall–Kier alpha value is -0.400. The Morgan fingerprint density at radius 3 is 3.00 bits per heavy atom. The second kappa shape index (κ2) is 5.77. The molecular formula is C15H19IN2OS. The highest BCUT2D eigenvalue weighted by Crippen LogP contribution is 2.37. The molecule has 0 aromatic carbocycles. The standard InChI is InChI=1S/C15H19IN2OS/c1-8(15-9(2)18-19-10(15)3)17-12-5-4-6-13-11(12)7-14(16)20-13/h7-8,12,17H,4-6H2,1-3H3. The van der Waals surface area contributed by atoms with Crippen molar-refractivity contribution in [3.63, 3.8) is 0 Å². The van der Waals surface area contributed by atoms with Crippen LogP contribution in [0.1, 0.15) is 59.3 Å². The molecule has 2 aromatic rings. The van der Waals surface area contributed by atoms with E-state index in [1.165, 1.54) is 33.3 Å². The molecule has 0 fully saturated rings. The van der Waals surface area contributed by atoms with Crippen LogP contribution >= 0.6 is 33.9 Å². The van der Waals surface area contributed by atoms with E-state index >= 15 is 0 Å². The Morgan fingerprint density at radius 2 is 2.30 bits per heavy atom. The van der Waals surface area contributed by atoms with Gasteiger partial charge in [-0.15, -0.1) is 11.3 Å². The number of hydrogen-bond acceptors (Lipinski definition) is 4. The Balaban J connectivity index is 1.82.